The molecule has 0 atom stereocenters. The maximum absolute atomic E-state index is 12.3. The molecule has 0 spiro atoms. The molecule has 0 aliphatic rings. The van der Waals surface area contributed by atoms with Gasteiger partial charge < -0.3 is 4.74 Å². The van der Waals surface area contributed by atoms with Gasteiger partial charge >= 0.3 is 0 Å². The topological polar surface area (TPSA) is 59.5 Å². The molecule has 5 nitrogen and oxygen atoms in total. The number of nitrogens with zero attached hydrogens (tertiary/aromatic N) is 2. The van der Waals surface area contributed by atoms with Gasteiger partial charge in [0.2, 0.25) is 10.0 Å². The Hall–Kier alpha value is -1.63. The smallest absolute Gasteiger partial charge is 0.244 e. The minimum absolute atomic E-state index is 0.128. The maximum atomic E-state index is 12.3. The second kappa shape index (κ2) is 7.58. The molecule has 0 aliphatic carbocycles. The van der Waals surface area contributed by atoms with Crippen LogP contribution in [0.15, 0.2) is 53.6 Å². The molecule has 0 fully saturated rings. The summed E-state index contributed by atoms with van der Waals surface area (Å²) < 4.78 is 31.4. The molecule has 2 aromatic rings. The van der Waals surface area contributed by atoms with Gasteiger partial charge in [-0.15, -0.1) is 0 Å². The van der Waals surface area contributed by atoms with E-state index in [1.54, 1.807) is 0 Å². The highest BCUT2D eigenvalue weighted by molar-refractivity contribution is 7.89. The molecule has 0 bridgehead atoms. The zero-order chi connectivity index (χ0) is 16.0. The van der Waals surface area contributed by atoms with Crippen LogP contribution in [0.25, 0.3) is 0 Å². The molecule has 0 aliphatic heterocycles. The number of sulfonamides is 1. The van der Waals surface area contributed by atoms with Crippen LogP contribution >= 0.6 is 11.6 Å². The summed E-state index contributed by atoms with van der Waals surface area (Å²) in [5.74, 6) is 0.773. The number of para-hydroxylation sites is 1. The van der Waals surface area contributed by atoms with Gasteiger partial charge in [0, 0.05) is 19.8 Å². The van der Waals surface area contributed by atoms with Crippen LogP contribution in [0.4, 0.5) is 0 Å². The summed E-state index contributed by atoms with van der Waals surface area (Å²) in [6, 6.07) is 12.3. The van der Waals surface area contributed by atoms with Crippen LogP contribution in [0.1, 0.15) is 6.42 Å². The lowest BCUT2D eigenvalue weighted by molar-refractivity contribution is 0.296. The van der Waals surface area contributed by atoms with E-state index in [1.807, 2.05) is 30.3 Å². The van der Waals surface area contributed by atoms with Gasteiger partial charge in [-0.1, -0.05) is 29.8 Å². The van der Waals surface area contributed by atoms with Gasteiger partial charge in [-0.2, -0.15) is 0 Å². The van der Waals surface area contributed by atoms with Gasteiger partial charge in [0.1, 0.15) is 15.8 Å². The van der Waals surface area contributed by atoms with Crippen LogP contribution in [-0.2, 0) is 10.0 Å². The maximum Gasteiger partial charge on any atom is 0.244 e. The zero-order valence-corrected chi connectivity index (χ0v) is 13.7. The number of aromatic nitrogens is 1. The predicted octanol–water partition coefficient (Wildman–Crippen LogP) is 2.82. The first-order valence-electron chi connectivity index (χ1n) is 6.76. The molecule has 0 radical (unpaired) electrons. The molecule has 1 aromatic carbocycles. The van der Waals surface area contributed by atoms with Crippen LogP contribution in [0, 0.1) is 0 Å². The van der Waals surface area contributed by atoms with Crippen molar-refractivity contribution in [3.63, 3.8) is 0 Å². The second-order valence-corrected chi connectivity index (χ2v) is 7.09. The summed E-state index contributed by atoms with van der Waals surface area (Å²) in [4.78, 5) is 3.93. The number of ether oxygens (including phenoxy) is 1. The Morgan fingerprint density at radius 2 is 1.91 bits per heavy atom. The Bertz CT molecular complexity index is 690. The molecule has 0 unspecified atom stereocenters. The van der Waals surface area contributed by atoms with E-state index in [4.69, 9.17) is 16.3 Å². The summed E-state index contributed by atoms with van der Waals surface area (Å²) in [7, 11) is -2.01. The van der Waals surface area contributed by atoms with Crippen molar-refractivity contribution >= 4 is 21.6 Å². The molecular formula is C15H17ClN2O3S. The molecule has 118 valence electrons. The molecule has 22 heavy (non-hydrogen) atoms. The van der Waals surface area contributed by atoms with Crippen molar-refractivity contribution in [2.24, 2.45) is 0 Å². The lowest BCUT2D eigenvalue weighted by Gasteiger charge is -2.17. The average molecular weight is 341 g/mol. The Balaban J connectivity index is 1.86. The third-order valence-corrected chi connectivity index (χ3v) is 5.10. The van der Waals surface area contributed by atoms with Gasteiger partial charge in [0.15, 0.2) is 0 Å². The van der Waals surface area contributed by atoms with Crippen molar-refractivity contribution in [2.45, 2.75) is 11.3 Å². The van der Waals surface area contributed by atoms with Crippen molar-refractivity contribution in [3.8, 4) is 5.75 Å². The average Bonchev–Trinajstić information content (AvgIpc) is 2.52. The third kappa shape index (κ3) is 4.43. The molecule has 0 N–H and O–H groups in total. The summed E-state index contributed by atoms with van der Waals surface area (Å²) >= 11 is 5.67. The lowest BCUT2D eigenvalue weighted by atomic mass is 10.3. The highest BCUT2D eigenvalue weighted by Crippen LogP contribution is 2.15. The fourth-order valence-electron chi connectivity index (χ4n) is 1.81. The quantitative estimate of drug-likeness (QED) is 0.574. The Morgan fingerprint density at radius 3 is 2.55 bits per heavy atom. The van der Waals surface area contributed by atoms with Gasteiger partial charge in [-0.05, 0) is 30.7 Å². The first-order valence-corrected chi connectivity index (χ1v) is 8.58. The Morgan fingerprint density at radius 1 is 1.18 bits per heavy atom. The Kier molecular flexibility index (Phi) is 5.76. The lowest BCUT2D eigenvalue weighted by Crippen LogP contribution is -2.29. The van der Waals surface area contributed by atoms with E-state index in [9.17, 15) is 8.42 Å². The number of pyridine rings is 1. The van der Waals surface area contributed by atoms with Crippen molar-refractivity contribution in [1.82, 2.24) is 9.29 Å². The standard InChI is InChI=1S/C15H17ClN2O3S/c1-18(10-5-11-21-13-6-3-2-4-7-13)22(19,20)14-8-9-15(16)17-12-14/h2-4,6-9,12H,5,10-11H2,1H3. The van der Waals surface area contributed by atoms with E-state index in [1.165, 1.54) is 29.7 Å². The second-order valence-electron chi connectivity index (χ2n) is 4.66. The molecule has 0 amide bonds. The van der Waals surface area contributed by atoms with Crippen LogP contribution in [0.2, 0.25) is 5.15 Å². The molecule has 7 heteroatoms. The number of benzene rings is 1. The van der Waals surface area contributed by atoms with E-state index in [0.29, 0.717) is 19.6 Å². The minimum Gasteiger partial charge on any atom is -0.494 e. The molecule has 0 saturated carbocycles. The van der Waals surface area contributed by atoms with Crippen molar-refractivity contribution in [2.75, 3.05) is 20.2 Å². The minimum atomic E-state index is -3.54. The highest BCUT2D eigenvalue weighted by atomic mass is 35.5. The van der Waals surface area contributed by atoms with E-state index >= 15 is 0 Å². The van der Waals surface area contributed by atoms with Gasteiger partial charge in [0.25, 0.3) is 0 Å². The SMILES string of the molecule is CN(CCCOc1ccccc1)S(=O)(=O)c1ccc(Cl)nc1. The van der Waals surface area contributed by atoms with Crippen LogP contribution in [0.5, 0.6) is 5.75 Å². The molecule has 2 rings (SSSR count). The van der Waals surface area contributed by atoms with Crippen LogP contribution in [-0.4, -0.2) is 37.9 Å². The van der Waals surface area contributed by atoms with Crippen molar-refractivity contribution < 1.29 is 13.2 Å². The van der Waals surface area contributed by atoms with Crippen LogP contribution in [0.3, 0.4) is 0 Å². The third-order valence-electron chi connectivity index (χ3n) is 3.04. The molecule has 1 aromatic heterocycles. The number of hydrogen-bond acceptors (Lipinski definition) is 4. The van der Waals surface area contributed by atoms with Gasteiger partial charge in [-0.3, -0.25) is 0 Å². The summed E-state index contributed by atoms with van der Waals surface area (Å²) in [5.41, 5.74) is 0. The highest BCUT2D eigenvalue weighted by Gasteiger charge is 2.20. The summed E-state index contributed by atoms with van der Waals surface area (Å²) in [6.07, 6.45) is 1.85. The van der Waals surface area contributed by atoms with E-state index in [0.717, 1.165) is 5.75 Å². The monoisotopic (exact) mass is 340 g/mol. The fourth-order valence-corrected chi connectivity index (χ4v) is 3.08. The predicted molar refractivity (Wildman–Crippen MR) is 85.6 cm³/mol. The van der Waals surface area contributed by atoms with Gasteiger partial charge in [0.05, 0.1) is 6.61 Å². The zero-order valence-electron chi connectivity index (χ0n) is 12.1. The number of halogens is 1. The normalized spacial score (nSPS) is 11.6. The summed E-state index contributed by atoms with van der Waals surface area (Å²) in [5, 5.41) is 0.262. The number of rotatable bonds is 7. The van der Waals surface area contributed by atoms with Crippen molar-refractivity contribution in [1.29, 1.82) is 0 Å². The number of hydrogen-bond donors (Lipinski definition) is 0. The van der Waals surface area contributed by atoms with Crippen molar-refractivity contribution in [3.05, 3.63) is 53.8 Å². The summed E-state index contributed by atoms with van der Waals surface area (Å²) in [6.45, 7) is 0.806. The van der Waals surface area contributed by atoms with Gasteiger partial charge in [-0.25, -0.2) is 17.7 Å². The molecule has 0 saturated heterocycles. The van der Waals surface area contributed by atoms with E-state index in [2.05, 4.69) is 4.98 Å². The molecule has 1 heterocycles. The largest absolute Gasteiger partial charge is 0.494 e. The first kappa shape index (κ1) is 16.7. The van der Waals surface area contributed by atoms with Crippen LogP contribution < -0.4 is 4.74 Å². The van der Waals surface area contributed by atoms with E-state index < -0.39 is 10.0 Å². The fraction of sp³-hybridized carbons (Fsp3) is 0.267. The first-order chi connectivity index (χ1) is 10.5. The molecular weight excluding hydrogens is 324 g/mol. The Labute approximate surface area is 135 Å². The van der Waals surface area contributed by atoms with E-state index in [-0.39, 0.29) is 10.0 Å².